The number of rotatable bonds is 2. The van der Waals surface area contributed by atoms with E-state index in [0.717, 1.165) is 24.9 Å². The summed E-state index contributed by atoms with van der Waals surface area (Å²) in [6.45, 7) is 2.08. The van der Waals surface area contributed by atoms with Crippen molar-refractivity contribution in [2.24, 2.45) is 0 Å². The molecule has 0 aliphatic heterocycles. The highest BCUT2D eigenvalue weighted by atomic mass is 16.1. The molecule has 2 nitrogen and oxygen atoms in total. The van der Waals surface area contributed by atoms with Gasteiger partial charge in [-0.3, -0.25) is 4.79 Å². The molecule has 2 heteroatoms. The molecule has 0 amide bonds. The maximum atomic E-state index is 11.3. The van der Waals surface area contributed by atoms with E-state index in [1.807, 2.05) is 0 Å². The number of anilines is 1. The zero-order valence-electron chi connectivity index (χ0n) is 9.12. The standard InChI is InChI=1S/C13H17NO/c1-10-5-7-11(8-6-10)14-12-3-2-4-13(15)9-12/h5-8,12,14H,2-4,9H2,1H3. The monoisotopic (exact) mass is 203 g/mol. The summed E-state index contributed by atoms with van der Waals surface area (Å²) in [5.74, 6) is 0.394. The van der Waals surface area contributed by atoms with Crippen LogP contribution in [0.15, 0.2) is 24.3 Å². The minimum absolute atomic E-state index is 0.342. The first-order chi connectivity index (χ1) is 7.24. The highest BCUT2D eigenvalue weighted by Gasteiger charge is 2.18. The molecule has 1 aromatic carbocycles. The largest absolute Gasteiger partial charge is 0.382 e. The van der Waals surface area contributed by atoms with Crippen LogP contribution in [-0.4, -0.2) is 11.8 Å². The van der Waals surface area contributed by atoms with Crippen molar-refractivity contribution < 1.29 is 4.79 Å². The van der Waals surface area contributed by atoms with E-state index in [1.165, 1.54) is 5.56 Å². The first-order valence-electron chi connectivity index (χ1n) is 5.59. The predicted molar refractivity (Wildman–Crippen MR) is 62.1 cm³/mol. The van der Waals surface area contributed by atoms with Gasteiger partial charge < -0.3 is 5.32 Å². The van der Waals surface area contributed by atoms with Crippen LogP contribution in [-0.2, 0) is 4.79 Å². The van der Waals surface area contributed by atoms with Crippen molar-refractivity contribution in [3.8, 4) is 0 Å². The van der Waals surface area contributed by atoms with Crippen LogP contribution in [0.2, 0.25) is 0 Å². The van der Waals surface area contributed by atoms with E-state index in [9.17, 15) is 4.79 Å². The zero-order valence-corrected chi connectivity index (χ0v) is 9.12. The average molecular weight is 203 g/mol. The van der Waals surface area contributed by atoms with E-state index in [2.05, 4.69) is 36.5 Å². The summed E-state index contributed by atoms with van der Waals surface area (Å²) in [6.07, 6.45) is 3.60. The van der Waals surface area contributed by atoms with Crippen LogP contribution >= 0.6 is 0 Å². The van der Waals surface area contributed by atoms with Crippen molar-refractivity contribution in [1.82, 2.24) is 0 Å². The van der Waals surface area contributed by atoms with Gasteiger partial charge in [0.2, 0.25) is 0 Å². The maximum Gasteiger partial charge on any atom is 0.134 e. The Morgan fingerprint density at radius 2 is 2.00 bits per heavy atom. The first-order valence-corrected chi connectivity index (χ1v) is 5.59. The molecule has 1 unspecified atom stereocenters. The van der Waals surface area contributed by atoms with Crippen LogP contribution in [0.4, 0.5) is 5.69 Å². The number of aryl methyl sites for hydroxylation is 1. The minimum Gasteiger partial charge on any atom is -0.382 e. The number of benzene rings is 1. The normalized spacial score (nSPS) is 21.4. The van der Waals surface area contributed by atoms with Gasteiger partial charge in [-0.15, -0.1) is 0 Å². The second-order valence-corrected chi connectivity index (χ2v) is 4.34. The number of carbonyl (C=O) groups excluding carboxylic acids is 1. The molecule has 1 fully saturated rings. The van der Waals surface area contributed by atoms with E-state index in [-0.39, 0.29) is 0 Å². The van der Waals surface area contributed by atoms with E-state index in [0.29, 0.717) is 18.2 Å². The molecular formula is C13H17NO. The van der Waals surface area contributed by atoms with Crippen LogP contribution < -0.4 is 5.32 Å². The molecule has 15 heavy (non-hydrogen) atoms. The van der Waals surface area contributed by atoms with Crippen LogP contribution in [0.1, 0.15) is 31.2 Å². The van der Waals surface area contributed by atoms with Crippen molar-refractivity contribution in [3.05, 3.63) is 29.8 Å². The quantitative estimate of drug-likeness (QED) is 0.800. The summed E-state index contributed by atoms with van der Waals surface area (Å²) < 4.78 is 0. The molecule has 0 bridgehead atoms. The highest BCUT2D eigenvalue weighted by Crippen LogP contribution is 2.19. The smallest absolute Gasteiger partial charge is 0.134 e. The summed E-state index contributed by atoms with van der Waals surface area (Å²) in [5, 5.41) is 3.42. The van der Waals surface area contributed by atoms with Crippen molar-refractivity contribution in [2.75, 3.05) is 5.32 Å². The Balaban J connectivity index is 1.96. The van der Waals surface area contributed by atoms with Gasteiger partial charge in [0.15, 0.2) is 0 Å². The summed E-state index contributed by atoms with van der Waals surface area (Å²) in [6, 6.07) is 8.68. The molecule has 0 radical (unpaired) electrons. The van der Waals surface area contributed by atoms with E-state index < -0.39 is 0 Å². The molecule has 1 aromatic rings. The SMILES string of the molecule is Cc1ccc(NC2CCCC(=O)C2)cc1. The molecule has 80 valence electrons. The fraction of sp³-hybridized carbons (Fsp3) is 0.462. The van der Waals surface area contributed by atoms with Gasteiger partial charge in [-0.1, -0.05) is 17.7 Å². The lowest BCUT2D eigenvalue weighted by molar-refractivity contribution is -0.120. The second kappa shape index (κ2) is 4.47. The number of carbonyl (C=O) groups is 1. The molecule has 0 saturated heterocycles. The van der Waals surface area contributed by atoms with Crippen molar-refractivity contribution in [1.29, 1.82) is 0 Å². The number of nitrogens with one attached hydrogen (secondary N) is 1. The van der Waals surface area contributed by atoms with Crippen LogP contribution in [0, 0.1) is 6.92 Å². The molecule has 1 aliphatic carbocycles. The molecule has 1 N–H and O–H groups in total. The summed E-state index contributed by atoms with van der Waals surface area (Å²) in [4.78, 5) is 11.3. The molecule has 1 saturated carbocycles. The minimum atomic E-state index is 0.342. The lowest BCUT2D eigenvalue weighted by Crippen LogP contribution is -2.27. The third kappa shape index (κ3) is 2.82. The topological polar surface area (TPSA) is 29.1 Å². The summed E-state index contributed by atoms with van der Waals surface area (Å²) in [7, 11) is 0. The lowest BCUT2D eigenvalue weighted by atomic mass is 9.94. The van der Waals surface area contributed by atoms with E-state index in [1.54, 1.807) is 0 Å². The Kier molecular flexibility index (Phi) is 3.05. The average Bonchev–Trinajstić information content (AvgIpc) is 2.22. The van der Waals surface area contributed by atoms with Gasteiger partial charge in [0.05, 0.1) is 0 Å². The molecule has 0 heterocycles. The Hall–Kier alpha value is -1.31. The predicted octanol–water partition coefficient (Wildman–Crippen LogP) is 2.92. The Bertz CT molecular complexity index is 342. The summed E-state index contributed by atoms with van der Waals surface area (Å²) in [5.41, 5.74) is 2.39. The second-order valence-electron chi connectivity index (χ2n) is 4.34. The van der Waals surface area contributed by atoms with Crippen molar-refractivity contribution in [2.45, 2.75) is 38.6 Å². The van der Waals surface area contributed by atoms with Gasteiger partial charge in [0.1, 0.15) is 5.78 Å². The van der Waals surface area contributed by atoms with E-state index >= 15 is 0 Å². The van der Waals surface area contributed by atoms with E-state index in [4.69, 9.17) is 0 Å². The molecule has 1 aliphatic rings. The Morgan fingerprint density at radius 3 is 2.67 bits per heavy atom. The van der Waals surface area contributed by atoms with Crippen molar-refractivity contribution >= 4 is 11.5 Å². The first kappa shape index (κ1) is 10.2. The van der Waals surface area contributed by atoms with Crippen LogP contribution in [0.3, 0.4) is 0 Å². The number of hydrogen-bond acceptors (Lipinski definition) is 2. The zero-order chi connectivity index (χ0) is 10.7. The van der Waals surface area contributed by atoms with Gasteiger partial charge in [0.25, 0.3) is 0 Å². The van der Waals surface area contributed by atoms with Crippen molar-refractivity contribution in [3.63, 3.8) is 0 Å². The third-order valence-corrected chi connectivity index (χ3v) is 2.90. The van der Waals surface area contributed by atoms with Gasteiger partial charge in [0, 0.05) is 24.6 Å². The fourth-order valence-electron chi connectivity index (χ4n) is 2.03. The van der Waals surface area contributed by atoms with Gasteiger partial charge in [-0.05, 0) is 31.9 Å². The van der Waals surface area contributed by atoms with Gasteiger partial charge >= 0.3 is 0 Å². The molecule has 0 aromatic heterocycles. The Morgan fingerprint density at radius 1 is 1.27 bits per heavy atom. The number of Topliss-reactive ketones (excluding diaryl/α,β-unsaturated/α-hetero) is 1. The molecule has 0 spiro atoms. The number of hydrogen-bond donors (Lipinski definition) is 1. The number of ketones is 1. The Labute approximate surface area is 90.7 Å². The summed E-state index contributed by atoms with van der Waals surface area (Å²) >= 11 is 0. The lowest BCUT2D eigenvalue weighted by Gasteiger charge is -2.23. The highest BCUT2D eigenvalue weighted by molar-refractivity contribution is 5.80. The molecule has 2 rings (SSSR count). The van der Waals surface area contributed by atoms with Gasteiger partial charge in [-0.2, -0.15) is 0 Å². The van der Waals surface area contributed by atoms with Gasteiger partial charge in [-0.25, -0.2) is 0 Å². The maximum absolute atomic E-state index is 11.3. The molecular weight excluding hydrogens is 186 g/mol. The molecule has 1 atom stereocenters. The third-order valence-electron chi connectivity index (χ3n) is 2.90. The fourth-order valence-corrected chi connectivity index (χ4v) is 2.03. The van der Waals surface area contributed by atoms with Crippen LogP contribution in [0.5, 0.6) is 0 Å². The van der Waals surface area contributed by atoms with Crippen LogP contribution in [0.25, 0.3) is 0 Å².